The topological polar surface area (TPSA) is 94.2 Å². The highest BCUT2D eigenvalue weighted by Crippen LogP contribution is 2.26. The van der Waals surface area contributed by atoms with Crippen LogP contribution in [0.2, 0.25) is 10.0 Å². The first kappa shape index (κ1) is 17.8. The largest absolute Gasteiger partial charge is 0.288 e. The fourth-order valence-electron chi connectivity index (χ4n) is 2.28. The molecule has 10 heteroatoms. The van der Waals surface area contributed by atoms with Crippen LogP contribution in [0.4, 0.5) is 11.4 Å². The minimum Gasteiger partial charge on any atom is -0.288 e. The maximum Gasteiger partial charge on any atom is 0.269 e. The Kier molecular flexibility index (Phi) is 5.15. The van der Waals surface area contributed by atoms with E-state index in [2.05, 4.69) is 10.1 Å². The van der Waals surface area contributed by atoms with Gasteiger partial charge in [-0.3, -0.25) is 19.8 Å². The lowest BCUT2D eigenvalue weighted by atomic mass is 10.1. The Bertz CT molecular complexity index is 945. The Balaban J connectivity index is 1.99. The van der Waals surface area contributed by atoms with Gasteiger partial charge in [0.2, 0.25) is 0 Å². The van der Waals surface area contributed by atoms with Crippen molar-refractivity contribution >= 4 is 40.5 Å². The number of nitrogens with zero attached hydrogens (tertiary/aromatic N) is 5. The van der Waals surface area contributed by atoms with E-state index in [4.69, 9.17) is 23.2 Å². The van der Waals surface area contributed by atoms with Crippen LogP contribution in [-0.4, -0.2) is 25.6 Å². The lowest BCUT2D eigenvalue weighted by molar-refractivity contribution is -0.384. The molecule has 0 atom stereocenters. The van der Waals surface area contributed by atoms with Crippen molar-refractivity contribution in [2.75, 3.05) is 4.90 Å². The second kappa shape index (κ2) is 7.51. The molecular formula is C16H11Cl2N5O3. The van der Waals surface area contributed by atoms with Crippen LogP contribution in [0.3, 0.4) is 0 Å². The number of aromatic nitrogens is 3. The summed E-state index contributed by atoms with van der Waals surface area (Å²) in [7, 11) is 0. The van der Waals surface area contributed by atoms with E-state index >= 15 is 0 Å². The molecule has 3 aromatic rings. The molecule has 0 aliphatic heterocycles. The molecule has 0 radical (unpaired) electrons. The fraction of sp³-hybridized carbons (Fsp3) is 0.0625. The molecule has 0 saturated heterocycles. The number of rotatable bonds is 5. The first-order chi connectivity index (χ1) is 12.5. The number of amides is 1. The Morgan fingerprint density at radius 2 is 1.92 bits per heavy atom. The molecular weight excluding hydrogens is 381 g/mol. The lowest BCUT2D eigenvalue weighted by Gasteiger charge is -2.23. The smallest absolute Gasteiger partial charge is 0.269 e. The van der Waals surface area contributed by atoms with E-state index in [-0.39, 0.29) is 22.9 Å². The molecule has 0 fully saturated rings. The number of carbonyl (C=O) groups excluding carboxylic acids is 1. The molecule has 26 heavy (non-hydrogen) atoms. The van der Waals surface area contributed by atoms with Crippen molar-refractivity contribution in [3.63, 3.8) is 0 Å². The summed E-state index contributed by atoms with van der Waals surface area (Å²) in [5.41, 5.74) is 0.614. The van der Waals surface area contributed by atoms with Gasteiger partial charge in [-0.15, -0.1) is 0 Å². The van der Waals surface area contributed by atoms with Crippen molar-refractivity contribution < 1.29 is 9.72 Å². The molecule has 8 nitrogen and oxygen atoms in total. The summed E-state index contributed by atoms with van der Waals surface area (Å²) >= 11 is 12.0. The van der Waals surface area contributed by atoms with Crippen LogP contribution in [0.25, 0.3) is 0 Å². The highest BCUT2D eigenvalue weighted by molar-refractivity contribution is 6.37. The van der Waals surface area contributed by atoms with Gasteiger partial charge in [-0.25, -0.2) is 9.67 Å². The van der Waals surface area contributed by atoms with Gasteiger partial charge in [-0.05, 0) is 30.3 Å². The van der Waals surface area contributed by atoms with Gasteiger partial charge in [0, 0.05) is 22.8 Å². The fourth-order valence-corrected chi connectivity index (χ4v) is 2.77. The predicted octanol–water partition coefficient (Wildman–Crippen LogP) is 3.80. The van der Waals surface area contributed by atoms with Crippen LogP contribution < -0.4 is 4.90 Å². The zero-order valence-corrected chi connectivity index (χ0v) is 14.6. The molecule has 1 aromatic heterocycles. The number of carbonyl (C=O) groups is 1. The second-order valence-electron chi connectivity index (χ2n) is 5.21. The summed E-state index contributed by atoms with van der Waals surface area (Å²) in [5.74, 6) is -0.406. The zero-order valence-electron chi connectivity index (χ0n) is 13.1. The number of nitro groups is 1. The van der Waals surface area contributed by atoms with Gasteiger partial charge in [0.25, 0.3) is 11.6 Å². The number of benzene rings is 2. The Morgan fingerprint density at radius 1 is 1.19 bits per heavy atom. The first-order valence-electron chi connectivity index (χ1n) is 7.29. The summed E-state index contributed by atoms with van der Waals surface area (Å²) in [6.45, 7) is 0.0512. The minimum atomic E-state index is -0.510. The normalized spacial score (nSPS) is 10.5. The highest BCUT2D eigenvalue weighted by atomic mass is 35.5. The molecule has 0 N–H and O–H groups in total. The van der Waals surface area contributed by atoms with Gasteiger partial charge in [0.15, 0.2) is 0 Å². The van der Waals surface area contributed by atoms with Crippen LogP contribution in [0, 0.1) is 10.1 Å². The number of halogens is 2. The third-order valence-electron chi connectivity index (χ3n) is 3.53. The SMILES string of the molecule is O=C(c1ccc(Cl)cc1Cl)N(Cn1cncn1)c1ccc([N+](=O)[O-])cc1. The Morgan fingerprint density at radius 3 is 2.50 bits per heavy atom. The number of anilines is 1. The third-order valence-corrected chi connectivity index (χ3v) is 4.08. The molecule has 1 heterocycles. The molecule has 3 rings (SSSR count). The summed E-state index contributed by atoms with van der Waals surface area (Å²) in [6.07, 6.45) is 2.79. The highest BCUT2D eigenvalue weighted by Gasteiger charge is 2.22. The van der Waals surface area contributed by atoms with E-state index in [0.29, 0.717) is 10.7 Å². The van der Waals surface area contributed by atoms with E-state index in [1.807, 2.05) is 0 Å². The predicted molar refractivity (Wildman–Crippen MR) is 96.4 cm³/mol. The number of hydrogen-bond donors (Lipinski definition) is 0. The summed E-state index contributed by atoms with van der Waals surface area (Å²) < 4.78 is 1.45. The average molecular weight is 392 g/mol. The number of non-ortho nitro benzene ring substituents is 1. The van der Waals surface area contributed by atoms with E-state index < -0.39 is 10.8 Å². The van der Waals surface area contributed by atoms with Gasteiger partial charge >= 0.3 is 0 Å². The van der Waals surface area contributed by atoms with Gasteiger partial charge < -0.3 is 0 Å². The molecule has 2 aromatic carbocycles. The minimum absolute atomic E-state index is 0.0512. The monoisotopic (exact) mass is 391 g/mol. The van der Waals surface area contributed by atoms with Gasteiger partial charge in [0.1, 0.15) is 19.3 Å². The summed E-state index contributed by atoms with van der Waals surface area (Å²) in [5, 5.41) is 15.4. The Hall–Kier alpha value is -2.97. The third kappa shape index (κ3) is 3.81. The molecule has 0 bridgehead atoms. The van der Waals surface area contributed by atoms with Crippen molar-refractivity contribution in [2.24, 2.45) is 0 Å². The molecule has 0 aliphatic carbocycles. The van der Waals surface area contributed by atoms with Gasteiger partial charge in [-0.1, -0.05) is 23.2 Å². The quantitative estimate of drug-likeness (QED) is 0.486. The summed E-state index contributed by atoms with van der Waals surface area (Å²) in [6, 6.07) is 10.2. The lowest BCUT2D eigenvalue weighted by Crippen LogP contribution is -2.33. The second-order valence-corrected chi connectivity index (χ2v) is 6.05. The standard InChI is InChI=1S/C16H11Cl2N5O3/c17-11-1-6-14(15(18)7-11)16(24)22(10-21-9-19-8-20-21)12-2-4-13(5-3-12)23(25)26/h1-9H,10H2. The van der Waals surface area contributed by atoms with E-state index in [1.54, 1.807) is 6.07 Å². The average Bonchev–Trinajstić information content (AvgIpc) is 3.12. The Labute approximate surface area is 157 Å². The molecule has 0 unspecified atom stereocenters. The first-order valence-corrected chi connectivity index (χ1v) is 8.05. The van der Waals surface area contributed by atoms with Crippen molar-refractivity contribution in [1.82, 2.24) is 14.8 Å². The van der Waals surface area contributed by atoms with Crippen molar-refractivity contribution in [3.8, 4) is 0 Å². The summed E-state index contributed by atoms with van der Waals surface area (Å²) in [4.78, 5) is 28.6. The molecule has 1 amide bonds. The van der Waals surface area contributed by atoms with Crippen LogP contribution in [-0.2, 0) is 6.67 Å². The van der Waals surface area contributed by atoms with Crippen LogP contribution in [0.15, 0.2) is 55.1 Å². The van der Waals surface area contributed by atoms with Crippen molar-refractivity contribution in [1.29, 1.82) is 0 Å². The maximum atomic E-state index is 13.0. The molecule has 132 valence electrons. The number of hydrogen-bond acceptors (Lipinski definition) is 5. The van der Waals surface area contributed by atoms with Crippen molar-refractivity contribution in [2.45, 2.75) is 6.67 Å². The van der Waals surface area contributed by atoms with Crippen LogP contribution >= 0.6 is 23.2 Å². The van der Waals surface area contributed by atoms with E-state index in [1.165, 1.54) is 58.6 Å². The zero-order chi connectivity index (χ0) is 18.7. The van der Waals surface area contributed by atoms with Crippen LogP contribution in [0.5, 0.6) is 0 Å². The van der Waals surface area contributed by atoms with Gasteiger partial charge in [0.05, 0.1) is 15.5 Å². The number of nitro benzene ring substituents is 1. The van der Waals surface area contributed by atoms with Gasteiger partial charge in [-0.2, -0.15) is 5.10 Å². The van der Waals surface area contributed by atoms with E-state index in [0.717, 1.165) is 0 Å². The maximum absolute atomic E-state index is 13.0. The molecule has 0 aliphatic rings. The molecule has 0 saturated carbocycles. The van der Waals surface area contributed by atoms with Crippen molar-refractivity contribution in [3.05, 3.63) is 80.8 Å². The van der Waals surface area contributed by atoms with E-state index in [9.17, 15) is 14.9 Å². The van der Waals surface area contributed by atoms with Crippen LogP contribution in [0.1, 0.15) is 10.4 Å². The molecule has 0 spiro atoms.